The quantitative estimate of drug-likeness (QED) is 0.670. The fourth-order valence-electron chi connectivity index (χ4n) is 1.52. The van der Waals surface area contributed by atoms with Gasteiger partial charge in [0.05, 0.1) is 0 Å². The maximum absolute atomic E-state index is 11.3. The molecule has 1 saturated carbocycles. The molecular weight excluding hydrogens is 164 g/mol. The van der Waals surface area contributed by atoms with Crippen LogP contribution in [0.1, 0.15) is 39.5 Å². The van der Waals surface area contributed by atoms with Gasteiger partial charge in [-0.05, 0) is 18.8 Å². The van der Waals surface area contributed by atoms with Crippen molar-refractivity contribution >= 4 is 5.91 Å². The highest BCUT2D eigenvalue weighted by Gasteiger charge is 2.36. The van der Waals surface area contributed by atoms with Crippen LogP contribution in [0.5, 0.6) is 0 Å². The lowest BCUT2D eigenvalue weighted by Gasteiger charge is -2.08. The zero-order valence-electron chi connectivity index (χ0n) is 8.55. The summed E-state index contributed by atoms with van der Waals surface area (Å²) in [7, 11) is 0. The van der Waals surface area contributed by atoms with Crippen molar-refractivity contribution in [3.63, 3.8) is 0 Å². The third-order valence-corrected chi connectivity index (χ3v) is 2.77. The SMILES string of the molecule is CCC(N)CC(=O)NC1CC1CC. The van der Waals surface area contributed by atoms with E-state index in [1.54, 1.807) is 0 Å². The second kappa shape index (κ2) is 4.61. The first kappa shape index (κ1) is 10.5. The Morgan fingerprint density at radius 1 is 1.62 bits per heavy atom. The van der Waals surface area contributed by atoms with Gasteiger partial charge in [-0.15, -0.1) is 0 Å². The maximum atomic E-state index is 11.3. The van der Waals surface area contributed by atoms with Crippen molar-refractivity contribution in [1.29, 1.82) is 0 Å². The Balaban J connectivity index is 2.12. The predicted molar refractivity (Wildman–Crippen MR) is 53.2 cm³/mol. The largest absolute Gasteiger partial charge is 0.353 e. The number of carbonyl (C=O) groups is 1. The summed E-state index contributed by atoms with van der Waals surface area (Å²) in [6, 6.07) is 0.473. The first-order chi connectivity index (χ1) is 6.17. The van der Waals surface area contributed by atoms with Crippen molar-refractivity contribution < 1.29 is 4.79 Å². The lowest BCUT2D eigenvalue weighted by atomic mass is 10.1. The van der Waals surface area contributed by atoms with Crippen molar-refractivity contribution in [1.82, 2.24) is 5.32 Å². The van der Waals surface area contributed by atoms with Gasteiger partial charge in [-0.25, -0.2) is 0 Å². The van der Waals surface area contributed by atoms with Gasteiger partial charge in [0, 0.05) is 18.5 Å². The van der Waals surface area contributed by atoms with Crippen LogP contribution >= 0.6 is 0 Å². The van der Waals surface area contributed by atoms with Crippen LogP contribution in [0.15, 0.2) is 0 Å². The zero-order valence-corrected chi connectivity index (χ0v) is 8.55. The van der Waals surface area contributed by atoms with E-state index in [0.29, 0.717) is 12.5 Å². The Hall–Kier alpha value is -0.570. The summed E-state index contributed by atoms with van der Waals surface area (Å²) < 4.78 is 0. The van der Waals surface area contributed by atoms with Crippen LogP contribution in [0.4, 0.5) is 0 Å². The van der Waals surface area contributed by atoms with Crippen LogP contribution in [-0.2, 0) is 4.79 Å². The molecule has 0 spiro atoms. The fraction of sp³-hybridized carbons (Fsp3) is 0.900. The monoisotopic (exact) mass is 184 g/mol. The second-order valence-electron chi connectivity index (χ2n) is 3.95. The van der Waals surface area contributed by atoms with Crippen molar-refractivity contribution in [2.24, 2.45) is 11.7 Å². The van der Waals surface area contributed by atoms with E-state index in [-0.39, 0.29) is 11.9 Å². The van der Waals surface area contributed by atoms with E-state index in [1.165, 1.54) is 6.42 Å². The van der Waals surface area contributed by atoms with E-state index in [9.17, 15) is 4.79 Å². The lowest BCUT2D eigenvalue weighted by Crippen LogP contribution is -2.33. The van der Waals surface area contributed by atoms with E-state index in [2.05, 4.69) is 12.2 Å². The average Bonchev–Trinajstić information content (AvgIpc) is 2.82. The normalized spacial score (nSPS) is 28.2. The van der Waals surface area contributed by atoms with Gasteiger partial charge in [0.1, 0.15) is 0 Å². The zero-order chi connectivity index (χ0) is 9.84. The Kier molecular flexibility index (Phi) is 3.72. The Bertz CT molecular complexity index is 182. The van der Waals surface area contributed by atoms with Crippen LogP contribution in [-0.4, -0.2) is 18.0 Å². The molecule has 3 N–H and O–H groups in total. The summed E-state index contributed by atoms with van der Waals surface area (Å²) in [5, 5.41) is 3.00. The molecule has 0 aromatic heterocycles. The Morgan fingerprint density at radius 2 is 2.31 bits per heavy atom. The number of nitrogens with one attached hydrogen (secondary N) is 1. The van der Waals surface area contributed by atoms with Crippen molar-refractivity contribution in [2.45, 2.75) is 51.6 Å². The number of hydrogen-bond acceptors (Lipinski definition) is 2. The number of hydrogen-bond donors (Lipinski definition) is 2. The summed E-state index contributed by atoms with van der Waals surface area (Å²) in [6.07, 6.45) is 3.67. The number of amides is 1. The van der Waals surface area contributed by atoms with E-state index in [4.69, 9.17) is 5.73 Å². The van der Waals surface area contributed by atoms with Crippen molar-refractivity contribution in [3.8, 4) is 0 Å². The highest BCUT2D eigenvalue weighted by molar-refractivity contribution is 5.77. The van der Waals surface area contributed by atoms with Crippen LogP contribution in [0.2, 0.25) is 0 Å². The fourth-order valence-corrected chi connectivity index (χ4v) is 1.52. The number of carbonyl (C=O) groups excluding carboxylic acids is 1. The molecule has 0 heterocycles. The molecule has 1 rings (SSSR count). The minimum absolute atomic E-state index is 0.0267. The van der Waals surface area contributed by atoms with Gasteiger partial charge in [-0.3, -0.25) is 4.79 Å². The molecule has 3 nitrogen and oxygen atoms in total. The Labute approximate surface area is 80.1 Å². The summed E-state index contributed by atoms with van der Waals surface area (Å²) in [5.74, 6) is 0.845. The highest BCUT2D eigenvalue weighted by Crippen LogP contribution is 2.33. The average molecular weight is 184 g/mol. The molecule has 0 aromatic rings. The standard InChI is InChI=1S/C10H20N2O/c1-3-7-5-9(7)12-10(13)6-8(11)4-2/h7-9H,3-6,11H2,1-2H3,(H,12,13). The molecule has 0 aliphatic heterocycles. The minimum Gasteiger partial charge on any atom is -0.353 e. The molecule has 13 heavy (non-hydrogen) atoms. The lowest BCUT2D eigenvalue weighted by molar-refractivity contribution is -0.121. The van der Waals surface area contributed by atoms with Crippen LogP contribution in [0, 0.1) is 5.92 Å². The molecule has 0 radical (unpaired) electrons. The van der Waals surface area contributed by atoms with E-state index in [1.807, 2.05) is 6.92 Å². The van der Waals surface area contributed by atoms with Crippen molar-refractivity contribution in [3.05, 3.63) is 0 Å². The highest BCUT2D eigenvalue weighted by atomic mass is 16.1. The van der Waals surface area contributed by atoms with Gasteiger partial charge in [0.25, 0.3) is 0 Å². The number of nitrogens with two attached hydrogens (primary N) is 1. The molecule has 3 atom stereocenters. The summed E-state index contributed by atoms with van der Waals surface area (Å²) in [4.78, 5) is 11.3. The van der Waals surface area contributed by atoms with Gasteiger partial charge in [0.2, 0.25) is 5.91 Å². The van der Waals surface area contributed by atoms with Gasteiger partial charge >= 0.3 is 0 Å². The third kappa shape index (κ3) is 3.35. The summed E-state index contributed by atoms with van der Waals surface area (Å²) >= 11 is 0. The first-order valence-electron chi connectivity index (χ1n) is 5.22. The molecule has 3 unspecified atom stereocenters. The van der Waals surface area contributed by atoms with Gasteiger partial charge in [-0.1, -0.05) is 20.3 Å². The van der Waals surface area contributed by atoms with E-state index < -0.39 is 0 Å². The maximum Gasteiger partial charge on any atom is 0.221 e. The predicted octanol–water partition coefficient (Wildman–Crippen LogP) is 1.03. The summed E-state index contributed by atoms with van der Waals surface area (Å²) in [6.45, 7) is 4.17. The van der Waals surface area contributed by atoms with Crippen LogP contribution in [0.25, 0.3) is 0 Å². The molecule has 1 aliphatic rings. The van der Waals surface area contributed by atoms with E-state index >= 15 is 0 Å². The third-order valence-electron chi connectivity index (χ3n) is 2.77. The summed E-state index contributed by atoms with van der Waals surface area (Å²) in [5.41, 5.74) is 5.68. The molecular formula is C10H20N2O. The first-order valence-corrected chi connectivity index (χ1v) is 5.22. The Morgan fingerprint density at radius 3 is 2.77 bits per heavy atom. The van der Waals surface area contributed by atoms with Crippen LogP contribution < -0.4 is 11.1 Å². The van der Waals surface area contributed by atoms with Crippen molar-refractivity contribution in [2.75, 3.05) is 0 Å². The van der Waals surface area contributed by atoms with Gasteiger partial charge in [0.15, 0.2) is 0 Å². The topological polar surface area (TPSA) is 55.1 Å². The molecule has 0 aromatic carbocycles. The van der Waals surface area contributed by atoms with Gasteiger partial charge in [-0.2, -0.15) is 0 Å². The molecule has 1 fully saturated rings. The second-order valence-corrected chi connectivity index (χ2v) is 3.95. The minimum atomic E-state index is 0.0267. The molecule has 0 bridgehead atoms. The van der Waals surface area contributed by atoms with E-state index in [0.717, 1.165) is 18.8 Å². The molecule has 76 valence electrons. The smallest absolute Gasteiger partial charge is 0.221 e. The molecule has 0 saturated heterocycles. The van der Waals surface area contributed by atoms with Crippen LogP contribution in [0.3, 0.4) is 0 Å². The van der Waals surface area contributed by atoms with Gasteiger partial charge < -0.3 is 11.1 Å². The molecule has 1 amide bonds. The molecule has 3 heteroatoms. The number of rotatable bonds is 5. The molecule has 1 aliphatic carbocycles.